The van der Waals surface area contributed by atoms with E-state index in [4.69, 9.17) is 14.9 Å². The van der Waals surface area contributed by atoms with Gasteiger partial charge in [-0.3, -0.25) is 9.69 Å². The Morgan fingerprint density at radius 2 is 1.75 bits per heavy atom. The fourth-order valence-electron chi connectivity index (χ4n) is 3.79. The van der Waals surface area contributed by atoms with Crippen LogP contribution in [-0.4, -0.2) is 75.6 Å². The van der Waals surface area contributed by atoms with Gasteiger partial charge in [0.1, 0.15) is 5.75 Å². The summed E-state index contributed by atoms with van der Waals surface area (Å²) in [7, 11) is -1.31. The summed E-state index contributed by atoms with van der Waals surface area (Å²) in [6, 6.07) is 12.4. The van der Waals surface area contributed by atoms with Gasteiger partial charge in [-0.05, 0) is 23.1 Å². The van der Waals surface area contributed by atoms with Gasteiger partial charge in [-0.2, -0.15) is 0 Å². The zero-order valence-corrected chi connectivity index (χ0v) is 17.7. The monoisotopic (exact) mass is 444 g/mol. The first kappa shape index (κ1) is 24.2. The van der Waals surface area contributed by atoms with Crippen LogP contribution in [0.4, 0.5) is 0 Å². The molecule has 0 saturated heterocycles. The predicted octanol–water partition coefficient (Wildman–Crippen LogP) is -0.861. The van der Waals surface area contributed by atoms with E-state index in [0.717, 1.165) is 11.1 Å². The lowest BCUT2D eigenvalue weighted by Gasteiger charge is -2.29. The van der Waals surface area contributed by atoms with E-state index in [-0.39, 0.29) is 36.9 Å². The van der Waals surface area contributed by atoms with Crippen molar-refractivity contribution in [2.75, 3.05) is 26.3 Å². The Kier molecular flexibility index (Phi) is 8.63. The van der Waals surface area contributed by atoms with E-state index >= 15 is 0 Å². The summed E-state index contributed by atoms with van der Waals surface area (Å²) >= 11 is 0. The van der Waals surface area contributed by atoms with Crippen molar-refractivity contribution in [3.05, 3.63) is 64.7 Å². The highest BCUT2D eigenvalue weighted by atomic mass is 16.5. The van der Waals surface area contributed by atoms with Gasteiger partial charge in [0, 0.05) is 25.2 Å². The van der Waals surface area contributed by atoms with E-state index in [9.17, 15) is 20.0 Å². The van der Waals surface area contributed by atoms with Crippen molar-refractivity contribution in [3.63, 3.8) is 0 Å². The molecule has 32 heavy (non-hydrogen) atoms. The number of nitrogens with one attached hydrogen (secondary N) is 1. The summed E-state index contributed by atoms with van der Waals surface area (Å²) in [5.41, 5.74) is 2.65. The second-order valence-corrected chi connectivity index (χ2v) is 7.81. The van der Waals surface area contributed by atoms with Crippen LogP contribution in [0.5, 0.6) is 5.75 Å². The summed E-state index contributed by atoms with van der Waals surface area (Å²) in [4.78, 5) is 14.5. The summed E-state index contributed by atoms with van der Waals surface area (Å²) in [6.07, 6.45) is -1.29. The van der Waals surface area contributed by atoms with Crippen LogP contribution < -0.4 is 9.97 Å². The average Bonchev–Trinajstić information content (AvgIpc) is 2.75. The number of nitrogens with zero attached hydrogens (tertiary/aromatic N) is 1. The lowest BCUT2D eigenvalue weighted by Crippen LogP contribution is -2.53. The molecule has 1 heterocycles. The minimum absolute atomic E-state index is 0.0152. The zero-order valence-electron chi connectivity index (χ0n) is 17.7. The molecular formula is C22H29BN2O7. The molecule has 9 nitrogen and oxygen atoms in total. The molecule has 0 spiro atoms. The number of carbonyl (C=O) groups is 1. The van der Waals surface area contributed by atoms with E-state index in [1.807, 2.05) is 29.2 Å². The number of carbonyl (C=O) groups excluding carboxylic acids is 1. The third-order valence-corrected chi connectivity index (χ3v) is 5.40. The van der Waals surface area contributed by atoms with Crippen LogP contribution in [0.2, 0.25) is 0 Å². The molecule has 1 atom stereocenters. The van der Waals surface area contributed by atoms with Gasteiger partial charge in [-0.15, -0.1) is 0 Å². The maximum absolute atomic E-state index is 12.5. The molecule has 10 heteroatoms. The molecule has 1 aliphatic heterocycles. The number of aliphatic hydroxyl groups excluding tert-OH is 3. The van der Waals surface area contributed by atoms with Gasteiger partial charge in [-0.1, -0.05) is 42.5 Å². The molecule has 0 aliphatic carbocycles. The first-order valence-corrected chi connectivity index (χ1v) is 10.5. The maximum atomic E-state index is 12.5. The first-order valence-electron chi connectivity index (χ1n) is 10.5. The molecule has 172 valence electrons. The summed E-state index contributed by atoms with van der Waals surface area (Å²) in [5.74, 6) is -0.701. The van der Waals surface area contributed by atoms with Crippen molar-refractivity contribution in [2.45, 2.75) is 31.6 Å². The molecule has 1 amide bonds. The number of amides is 1. The smallest absolute Gasteiger partial charge is 0.534 e. The number of hydrogen-bond acceptors (Lipinski definition) is 8. The van der Waals surface area contributed by atoms with Gasteiger partial charge in [0.05, 0.1) is 25.6 Å². The van der Waals surface area contributed by atoms with Gasteiger partial charge >= 0.3 is 7.12 Å². The van der Waals surface area contributed by atoms with Crippen molar-refractivity contribution in [1.29, 1.82) is 0 Å². The van der Waals surface area contributed by atoms with E-state index in [1.165, 1.54) is 6.07 Å². The molecule has 0 aromatic heterocycles. The average molecular weight is 444 g/mol. The lowest BCUT2D eigenvalue weighted by atomic mass is 9.72. The van der Waals surface area contributed by atoms with Crippen molar-refractivity contribution in [1.82, 2.24) is 10.2 Å². The Bertz CT molecular complexity index is 888. The van der Waals surface area contributed by atoms with E-state index in [1.54, 1.807) is 12.1 Å². The van der Waals surface area contributed by atoms with Crippen LogP contribution in [0, 0.1) is 0 Å². The summed E-state index contributed by atoms with van der Waals surface area (Å²) in [5, 5.41) is 50.2. The van der Waals surface area contributed by atoms with Crippen molar-refractivity contribution in [3.8, 4) is 5.75 Å². The normalized spacial score (nSPS) is 15.6. The van der Waals surface area contributed by atoms with E-state index in [2.05, 4.69) is 5.32 Å². The second-order valence-electron chi connectivity index (χ2n) is 7.81. The molecule has 3 rings (SSSR count). The van der Waals surface area contributed by atoms with Crippen LogP contribution in [0.3, 0.4) is 0 Å². The zero-order chi connectivity index (χ0) is 23.1. The molecule has 0 bridgehead atoms. The van der Waals surface area contributed by atoms with Crippen molar-refractivity contribution >= 4 is 13.0 Å². The van der Waals surface area contributed by atoms with Crippen LogP contribution >= 0.6 is 0 Å². The van der Waals surface area contributed by atoms with Crippen LogP contribution in [0.25, 0.3) is 0 Å². The molecule has 2 aromatic rings. The molecule has 0 saturated carbocycles. The third-order valence-electron chi connectivity index (χ3n) is 5.40. The highest BCUT2D eigenvalue weighted by molar-refractivity contribution is 6.46. The quantitative estimate of drug-likeness (QED) is 0.205. The number of benzene rings is 2. The van der Waals surface area contributed by atoms with E-state index < -0.39 is 19.3 Å². The molecular weight excluding hydrogens is 415 g/mol. The topological polar surface area (TPSA) is 143 Å². The fraction of sp³-hybridized carbons (Fsp3) is 0.409. The van der Waals surface area contributed by atoms with Crippen LogP contribution in [-0.2, 0) is 24.2 Å². The Balaban J connectivity index is 1.57. The Labute approximate surface area is 187 Å². The fourth-order valence-corrected chi connectivity index (χ4v) is 3.79. The number of rotatable bonds is 10. The molecule has 0 fully saturated rings. The molecule has 6 N–H and O–H groups in total. The van der Waals surface area contributed by atoms with E-state index in [0.29, 0.717) is 31.6 Å². The minimum Gasteiger partial charge on any atom is -0.534 e. The first-order chi connectivity index (χ1) is 15.4. The van der Waals surface area contributed by atoms with Crippen LogP contribution in [0.1, 0.15) is 28.5 Å². The maximum Gasteiger partial charge on any atom is 0.547 e. The number of aliphatic hydroxyl groups is 4. The number of fused-ring (bicyclic) bond motifs is 1. The molecule has 2 aromatic carbocycles. The summed E-state index contributed by atoms with van der Waals surface area (Å²) in [6.45, 7) is 1.56. The van der Waals surface area contributed by atoms with Gasteiger partial charge in [0.25, 0.3) is 0 Å². The SMILES string of the molecule is O=C(Cc1ccc(CN(CCO)CCO)cc1)N[C@H]1Cc2cccc(C(O)O)c2OB1O. The number of hydrogen-bond donors (Lipinski definition) is 6. The second kappa shape index (κ2) is 11.4. The Morgan fingerprint density at radius 1 is 1.09 bits per heavy atom. The van der Waals surface area contributed by atoms with Crippen molar-refractivity contribution in [2.24, 2.45) is 0 Å². The van der Waals surface area contributed by atoms with Gasteiger partial charge in [0.15, 0.2) is 6.29 Å². The molecule has 0 unspecified atom stereocenters. The minimum atomic E-state index is -1.72. The van der Waals surface area contributed by atoms with Gasteiger partial charge in [0.2, 0.25) is 5.91 Å². The third kappa shape index (κ3) is 6.29. The number of para-hydroxylation sites is 1. The lowest BCUT2D eigenvalue weighted by molar-refractivity contribution is -0.120. The predicted molar refractivity (Wildman–Crippen MR) is 117 cm³/mol. The highest BCUT2D eigenvalue weighted by Crippen LogP contribution is 2.32. The Hall–Kier alpha value is -2.47. The standard InChI is InChI=1S/C22H29BN2O7/c26-10-8-25(9-11-27)14-16-6-4-15(5-7-16)12-20(28)24-19-13-17-2-1-3-18(22(29)30)21(17)32-23(19)31/h1-7,19,22,26-27,29-31H,8-14H2,(H,24,28)/t19-/m0/s1. The van der Waals surface area contributed by atoms with Crippen LogP contribution in [0.15, 0.2) is 42.5 Å². The molecule has 0 radical (unpaired) electrons. The highest BCUT2D eigenvalue weighted by Gasteiger charge is 2.37. The largest absolute Gasteiger partial charge is 0.547 e. The molecule has 1 aliphatic rings. The van der Waals surface area contributed by atoms with Gasteiger partial charge < -0.3 is 35.4 Å². The Morgan fingerprint density at radius 3 is 2.38 bits per heavy atom. The van der Waals surface area contributed by atoms with Gasteiger partial charge in [-0.25, -0.2) is 0 Å². The summed E-state index contributed by atoms with van der Waals surface area (Å²) < 4.78 is 5.46. The van der Waals surface area contributed by atoms with Crippen molar-refractivity contribution < 1.29 is 34.9 Å².